The van der Waals surface area contributed by atoms with Crippen LogP contribution in [0.4, 0.5) is 0 Å². The van der Waals surface area contributed by atoms with Gasteiger partial charge in [-0.15, -0.1) is 0 Å². The minimum absolute atomic E-state index is 0.0574. The third-order valence-corrected chi connectivity index (χ3v) is 3.97. The fraction of sp³-hybridized carbons (Fsp3) is 0.143. The van der Waals surface area contributed by atoms with Crippen LogP contribution in [0.25, 0.3) is 0 Å². The van der Waals surface area contributed by atoms with E-state index >= 15 is 0 Å². The van der Waals surface area contributed by atoms with Crippen LogP contribution in [-0.4, -0.2) is 19.4 Å². The smallest absolute Gasteiger partial charge is 0.338 e. The van der Waals surface area contributed by atoms with Crippen molar-refractivity contribution in [3.8, 4) is 0 Å². The number of carbonyl (C=O) groups excluding carboxylic acids is 1. The van der Waals surface area contributed by atoms with Gasteiger partial charge in [0.1, 0.15) is 4.90 Å². The van der Waals surface area contributed by atoms with Crippen molar-refractivity contribution in [1.29, 1.82) is 0 Å². The lowest BCUT2D eigenvalue weighted by Crippen LogP contribution is -2.14. The fourth-order valence-electron chi connectivity index (χ4n) is 1.58. The zero-order valence-electron chi connectivity index (χ0n) is 11.0. The van der Waals surface area contributed by atoms with Gasteiger partial charge in [-0.05, 0) is 37.6 Å². The Hall–Kier alpha value is -2.21. The van der Waals surface area contributed by atoms with Crippen molar-refractivity contribution in [2.24, 2.45) is 0 Å². The molecular weight excluding hydrogens is 278 g/mol. The van der Waals surface area contributed by atoms with Gasteiger partial charge in [0.05, 0.1) is 5.56 Å². The molecule has 2 aromatic rings. The molecule has 0 unspecified atom stereocenters. The van der Waals surface area contributed by atoms with E-state index in [0.29, 0.717) is 5.56 Å². The van der Waals surface area contributed by atoms with E-state index in [2.05, 4.69) is 9.17 Å². The molecule has 0 aliphatic carbocycles. The molecule has 5 nitrogen and oxygen atoms in total. The van der Waals surface area contributed by atoms with Crippen LogP contribution < -0.4 is 0 Å². The van der Waals surface area contributed by atoms with Gasteiger partial charge < -0.3 is 4.18 Å². The average Bonchev–Trinajstić information content (AvgIpc) is 2.39. The largest absolute Gasteiger partial charge is 0.355 e. The summed E-state index contributed by atoms with van der Waals surface area (Å²) in [5.41, 5.74) is 1.64. The lowest BCUT2D eigenvalue weighted by Gasteiger charge is -2.07. The van der Waals surface area contributed by atoms with Crippen molar-refractivity contribution < 1.29 is 17.4 Å². The predicted molar refractivity (Wildman–Crippen MR) is 72.8 cm³/mol. The molecule has 0 atom stereocenters. The summed E-state index contributed by atoms with van der Waals surface area (Å²) in [5.74, 6) is -0.934. The van der Waals surface area contributed by atoms with Gasteiger partial charge in [0.15, 0.2) is 0 Å². The number of nitrogens with zero attached hydrogens (tertiary/aromatic N) is 1. The molecule has 1 heterocycles. The van der Waals surface area contributed by atoms with E-state index in [1.807, 2.05) is 6.92 Å². The van der Waals surface area contributed by atoms with E-state index in [1.54, 1.807) is 25.1 Å². The second kappa shape index (κ2) is 5.42. The second-order valence-electron chi connectivity index (χ2n) is 4.33. The number of hydrogen-bond acceptors (Lipinski definition) is 5. The van der Waals surface area contributed by atoms with E-state index in [0.717, 1.165) is 5.56 Å². The maximum absolute atomic E-state index is 12.0. The van der Waals surface area contributed by atoms with Crippen molar-refractivity contribution in [3.05, 3.63) is 59.4 Å². The highest BCUT2D eigenvalue weighted by atomic mass is 32.2. The Bertz CT molecular complexity index is 736. The highest BCUT2D eigenvalue weighted by molar-refractivity contribution is 7.87. The first-order valence-corrected chi connectivity index (χ1v) is 7.27. The molecule has 0 bridgehead atoms. The van der Waals surface area contributed by atoms with Crippen molar-refractivity contribution in [2.75, 3.05) is 0 Å². The van der Waals surface area contributed by atoms with Crippen molar-refractivity contribution in [3.63, 3.8) is 0 Å². The topological polar surface area (TPSA) is 73.3 Å². The average molecular weight is 291 g/mol. The zero-order chi connectivity index (χ0) is 14.8. The lowest BCUT2D eigenvalue weighted by molar-refractivity contribution is 0.0745. The molecule has 0 spiro atoms. The number of hydrogen-bond donors (Lipinski definition) is 0. The summed E-state index contributed by atoms with van der Waals surface area (Å²) >= 11 is 0. The van der Waals surface area contributed by atoms with E-state index in [1.165, 1.54) is 24.5 Å². The third-order valence-electron chi connectivity index (χ3n) is 2.75. The normalized spacial score (nSPS) is 11.1. The minimum atomic E-state index is -4.12. The molecule has 0 fully saturated rings. The van der Waals surface area contributed by atoms with Crippen LogP contribution in [0.2, 0.25) is 0 Å². The van der Waals surface area contributed by atoms with Gasteiger partial charge in [0.2, 0.25) is 0 Å². The lowest BCUT2D eigenvalue weighted by atomic mass is 10.2. The van der Waals surface area contributed by atoms with Crippen LogP contribution in [0.15, 0.2) is 47.6 Å². The Balaban J connectivity index is 2.27. The van der Waals surface area contributed by atoms with Crippen LogP contribution in [-0.2, 0) is 14.3 Å². The molecule has 0 aliphatic rings. The maximum atomic E-state index is 12.0. The Morgan fingerprint density at radius 2 is 1.75 bits per heavy atom. The Morgan fingerprint density at radius 1 is 1.10 bits per heavy atom. The summed E-state index contributed by atoms with van der Waals surface area (Å²) in [4.78, 5) is 15.6. The number of pyridine rings is 1. The van der Waals surface area contributed by atoms with Gasteiger partial charge in [-0.1, -0.05) is 17.7 Å². The quantitative estimate of drug-likeness (QED) is 0.811. The molecule has 2 rings (SSSR count). The molecule has 0 radical (unpaired) electrons. The number of rotatable bonds is 3. The fourth-order valence-corrected chi connectivity index (χ4v) is 2.43. The summed E-state index contributed by atoms with van der Waals surface area (Å²) in [5, 5.41) is 0. The van der Waals surface area contributed by atoms with Gasteiger partial charge in [-0.3, -0.25) is 4.98 Å². The third kappa shape index (κ3) is 3.03. The molecule has 0 N–H and O–H groups in total. The molecular formula is C14H13NO4S. The zero-order valence-corrected chi connectivity index (χ0v) is 11.8. The first-order chi connectivity index (χ1) is 9.40. The van der Waals surface area contributed by atoms with Crippen LogP contribution in [0, 0.1) is 13.8 Å². The predicted octanol–water partition coefficient (Wildman–Crippen LogP) is 2.24. The van der Waals surface area contributed by atoms with Crippen LogP contribution in [0.5, 0.6) is 0 Å². The molecule has 1 aromatic carbocycles. The molecule has 104 valence electrons. The maximum Gasteiger partial charge on any atom is 0.355 e. The molecule has 0 aliphatic heterocycles. The summed E-state index contributed by atoms with van der Waals surface area (Å²) in [7, 11) is -4.12. The van der Waals surface area contributed by atoms with Crippen molar-refractivity contribution in [1.82, 2.24) is 4.98 Å². The number of aromatic nitrogens is 1. The Labute approximate surface area is 117 Å². The molecule has 0 amide bonds. The van der Waals surface area contributed by atoms with Crippen LogP contribution in [0.3, 0.4) is 0 Å². The van der Waals surface area contributed by atoms with E-state index in [-0.39, 0.29) is 10.5 Å². The summed E-state index contributed by atoms with van der Waals surface area (Å²) in [6, 6.07) is 7.67. The van der Waals surface area contributed by atoms with Crippen LogP contribution >= 0.6 is 0 Å². The molecule has 0 saturated heterocycles. The van der Waals surface area contributed by atoms with Gasteiger partial charge in [0, 0.05) is 12.4 Å². The number of carbonyl (C=O) groups is 1. The van der Waals surface area contributed by atoms with Crippen molar-refractivity contribution >= 4 is 16.1 Å². The summed E-state index contributed by atoms with van der Waals surface area (Å²) < 4.78 is 28.6. The van der Waals surface area contributed by atoms with E-state index in [9.17, 15) is 13.2 Å². The number of benzene rings is 1. The second-order valence-corrected chi connectivity index (χ2v) is 5.87. The standard InChI is InChI=1S/C14H13NO4S/c1-10-3-5-12(6-4-10)20(17,18)19-14(16)13-9-15-8-7-11(13)2/h3-9H,1-2H3. The highest BCUT2D eigenvalue weighted by Gasteiger charge is 2.22. The Kier molecular flexibility index (Phi) is 3.85. The van der Waals surface area contributed by atoms with E-state index in [4.69, 9.17) is 0 Å². The monoisotopic (exact) mass is 291 g/mol. The number of aryl methyl sites for hydroxylation is 2. The molecule has 20 heavy (non-hydrogen) atoms. The van der Waals surface area contributed by atoms with Gasteiger partial charge in [0.25, 0.3) is 0 Å². The SMILES string of the molecule is Cc1ccc(S(=O)(=O)OC(=O)c2cnccc2C)cc1. The summed E-state index contributed by atoms with van der Waals surface area (Å²) in [6.07, 6.45) is 2.79. The molecule has 6 heteroatoms. The van der Waals surface area contributed by atoms with Gasteiger partial charge in [-0.2, -0.15) is 8.42 Å². The Morgan fingerprint density at radius 3 is 2.35 bits per heavy atom. The van der Waals surface area contributed by atoms with E-state index < -0.39 is 16.1 Å². The molecule has 1 aromatic heterocycles. The summed E-state index contributed by atoms with van der Waals surface area (Å²) in [6.45, 7) is 3.51. The van der Waals surface area contributed by atoms with Crippen LogP contribution in [0.1, 0.15) is 21.5 Å². The van der Waals surface area contributed by atoms with Gasteiger partial charge in [-0.25, -0.2) is 4.79 Å². The minimum Gasteiger partial charge on any atom is -0.338 e. The van der Waals surface area contributed by atoms with Crippen molar-refractivity contribution in [2.45, 2.75) is 18.7 Å². The highest BCUT2D eigenvalue weighted by Crippen LogP contribution is 2.16. The first kappa shape index (κ1) is 14.2. The molecule has 0 saturated carbocycles. The first-order valence-electron chi connectivity index (χ1n) is 5.86. The van der Waals surface area contributed by atoms with Gasteiger partial charge >= 0.3 is 16.1 Å².